The molecule has 2 heteroatoms. The molecule has 2 nitrogen and oxygen atoms in total. The highest BCUT2D eigenvalue weighted by molar-refractivity contribution is 5.84. The molecule has 1 aromatic carbocycles. The highest BCUT2D eigenvalue weighted by atomic mass is 16.1. The molecule has 1 aromatic rings. The summed E-state index contributed by atoms with van der Waals surface area (Å²) in [5.74, 6) is 2.83. The van der Waals surface area contributed by atoms with Gasteiger partial charge in [-0.1, -0.05) is 24.3 Å². The Morgan fingerprint density at radius 3 is 3.05 bits per heavy atom. The maximum absolute atomic E-state index is 12.2. The maximum Gasteiger partial charge on any atom is 0.227 e. The number of terminal acetylenes is 1. The van der Waals surface area contributed by atoms with Crippen molar-refractivity contribution in [1.29, 1.82) is 0 Å². The maximum atomic E-state index is 12.2. The topological polar surface area (TPSA) is 29.1 Å². The van der Waals surface area contributed by atoms with E-state index in [4.69, 9.17) is 6.42 Å². The number of benzene rings is 1. The van der Waals surface area contributed by atoms with Gasteiger partial charge in [-0.25, -0.2) is 0 Å². The van der Waals surface area contributed by atoms with Gasteiger partial charge in [0.05, 0.1) is 5.92 Å². The van der Waals surface area contributed by atoms with Gasteiger partial charge in [-0.2, -0.15) is 0 Å². The van der Waals surface area contributed by atoms with Crippen molar-refractivity contribution >= 4 is 5.91 Å². The van der Waals surface area contributed by atoms with Crippen molar-refractivity contribution in [3.63, 3.8) is 0 Å². The van der Waals surface area contributed by atoms with Crippen molar-refractivity contribution in [2.45, 2.75) is 44.4 Å². The lowest BCUT2D eigenvalue weighted by molar-refractivity contribution is -0.122. The van der Waals surface area contributed by atoms with Crippen LogP contribution < -0.4 is 5.32 Å². The highest BCUT2D eigenvalue weighted by Crippen LogP contribution is 2.31. The van der Waals surface area contributed by atoms with E-state index in [-0.39, 0.29) is 11.8 Å². The predicted octanol–water partition coefficient (Wildman–Crippen LogP) is 3.03. The number of nitrogens with one attached hydrogen (secondary N) is 1. The molecule has 1 aliphatic carbocycles. The molecule has 1 unspecified atom stereocenters. The lowest BCUT2D eigenvalue weighted by Crippen LogP contribution is -2.32. The molecule has 2 rings (SSSR count). The van der Waals surface area contributed by atoms with E-state index in [0.717, 1.165) is 45.1 Å². The van der Waals surface area contributed by atoms with Crippen LogP contribution in [0.2, 0.25) is 0 Å². The fourth-order valence-corrected chi connectivity index (χ4v) is 2.71. The average Bonchev–Trinajstić information content (AvgIpc) is 2.46. The Morgan fingerprint density at radius 1 is 1.37 bits per heavy atom. The van der Waals surface area contributed by atoms with Gasteiger partial charge in [-0.05, 0) is 43.2 Å². The smallest absolute Gasteiger partial charge is 0.227 e. The van der Waals surface area contributed by atoms with Gasteiger partial charge in [0.1, 0.15) is 0 Å². The summed E-state index contributed by atoms with van der Waals surface area (Å²) in [4.78, 5) is 12.2. The van der Waals surface area contributed by atoms with Gasteiger partial charge in [0.25, 0.3) is 0 Å². The highest BCUT2D eigenvalue weighted by Gasteiger charge is 2.25. The molecular formula is C17H21NO. The van der Waals surface area contributed by atoms with Crippen molar-refractivity contribution in [3.05, 3.63) is 35.4 Å². The molecule has 0 spiro atoms. The van der Waals surface area contributed by atoms with E-state index in [1.54, 1.807) is 0 Å². The van der Waals surface area contributed by atoms with Gasteiger partial charge >= 0.3 is 0 Å². The summed E-state index contributed by atoms with van der Waals surface area (Å²) in [6.45, 7) is 0.735. The number of amides is 1. The van der Waals surface area contributed by atoms with E-state index >= 15 is 0 Å². The second kappa shape index (κ2) is 6.99. The van der Waals surface area contributed by atoms with Crippen molar-refractivity contribution in [2.75, 3.05) is 6.54 Å². The Hall–Kier alpha value is -1.75. The van der Waals surface area contributed by atoms with E-state index in [9.17, 15) is 4.79 Å². The average molecular weight is 255 g/mol. The Kier molecular flexibility index (Phi) is 5.03. The SMILES string of the molecule is C#CCCCCNC(=O)C1CCCc2ccccc21. The lowest BCUT2D eigenvalue weighted by atomic mass is 9.82. The Labute approximate surface area is 115 Å². The van der Waals surface area contributed by atoms with Gasteiger partial charge in [-0.3, -0.25) is 4.79 Å². The van der Waals surface area contributed by atoms with Crippen LogP contribution in [0.4, 0.5) is 0 Å². The summed E-state index contributed by atoms with van der Waals surface area (Å²) in [5, 5.41) is 3.04. The molecule has 1 atom stereocenters. The molecule has 19 heavy (non-hydrogen) atoms. The first-order valence-corrected chi connectivity index (χ1v) is 7.12. The zero-order chi connectivity index (χ0) is 13.5. The van der Waals surface area contributed by atoms with Crippen LogP contribution >= 0.6 is 0 Å². The molecule has 0 heterocycles. The first-order chi connectivity index (χ1) is 9.33. The zero-order valence-electron chi connectivity index (χ0n) is 11.3. The van der Waals surface area contributed by atoms with Crippen LogP contribution in [0.25, 0.3) is 0 Å². The van der Waals surface area contributed by atoms with Crippen molar-refractivity contribution in [2.24, 2.45) is 0 Å². The quantitative estimate of drug-likeness (QED) is 0.636. The minimum Gasteiger partial charge on any atom is -0.356 e. The largest absolute Gasteiger partial charge is 0.356 e. The van der Waals surface area contributed by atoms with E-state index in [1.165, 1.54) is 11.1 Å². The first-order valence-electron chi connectivity index (χ1n) is 7.12. The van der Waals surface area contributed by atoms with Gasteiger partial charge < -0.3 is 5.32 Å². The number of aryl methyl sites for hydroxylation is 1. The van der Waals surface area contributed by atoms with Crippen molar-refractivity contribution < 1.29 is 4.79 Å². The summed E-state index contributed by atoms with van der Waals surface area (Å²) >= 11 is 0. The fourth-order valence-electron chi connectivity index (χ4n) is 2.71. The molecule has 0 aliphatic heterocycles. The molecule has 100 valence electrons. The third kappa shape index (κ3) is 3.61. The molecule has 1 N–H and O–H groups in total. The molecule has 1 aliphatic rings. The lowest BCUT2D eigenvalue weighted by Gasteiger charge is -2.24. The molecule has 0 aromatic heterocycles. The second-order valence-corrected chi connectivity index (χ2v) is 5.10. The first kappa shape index (κ1) is 13.7. The zero-order valence-corrected chi connectivity index (χ0v) is 11.3. The summed E-state index contributed by atoms with van der Waals surface area (Å²) in [6.07, 6.45) is 11.1. The Balaban J connectivity index is 1.89. The minimum atomic E-state index is 0.0394. The monoisotopic (exact) mass is 255 g/mol. The van der Waals surface area contributed by atoms with E-state index in [0.29, 0.717) is 0 Å². The molecule has 0 radical (unpaired) electrons. The summed E-state index contributed by atoms with van der Waals surface area (Å²) in [6, 6.07) is 8.31. The van der Waals surface area contributed by atoms with E-state index in [1.807, 2.05) is 6.07 Å². The second-order valence-electron chi connectivity index (χ2n) is 5.10. The third-order valence-corrected chi connectivity index (χ3v) is 3.73. The Morgan fingerprint density at radius 2 is 2.21 bits per heavy atom. The number of carbonyl (C=O) groups excluding carboxylic acids is 1. The number of hydrogen-bond acceptors (Lipinski definition) is 1. The summed E-state index contributed by atoms with van der Waals surface area (Å²) in [7, 11) is 0. The van der Waals surface area contributed by atoms with Gasteiger partial charge in [0, 0.05) is 13.0 Å². The van der Waals surface area contributed by atoms with E-state index < -0.39 is 0 Å². The van der Waals surface area contributed by atoms with Crippen LogP contribution in [0, 0.1) is 12.3 Å². The summed E-state index contributed by atoms with van der Waals surface area (Å²) < 4.78 is 0. The van der Waals surface area contributed by atoms with Gasteiger partial charge in [0.15, 0.2) is 0 Å². The van der Waals surface area contributed by atoms with Crippen LogP contribution in [0.1, 0.15) is 49.1 Å². The molecule has 1 amide bonds. The number of rotatable bonds is 5. The summed E-state index contributed by atoms with van der Waals surface area (Å²) in [5.41, 5.74) is 2.55. The van der Waals surface area contributed by atoms with Crippen LogP contribution in [0.15, 0.2) is 24.3 Å². The minimum absolute atomic E-state index is 0.0394. The Bertz CT molecular complexity index is 472. The third-order valence-electron chi connectivity index (χ3n) is 3.73. The van der Waals surface area contributed by atoms with Crippen LogP contribution in [-0.4, -0.2) is 12.5 Å². The van der Waals surface area contributed by atoms with Crippen molar-refractivity contribution in [1.82, 2.24) is 5.32 Å². The molecule has 0 fully saturated rings. The number of unbranched alkanes of at least 4 members (excludes halogenated alkanes) is 2. The van der Waals surface area contributed by atoms with Crippen molar-refractivity contribution in [3.8, 4) is 12.3 Å². The molecule has 0 saturated heterocycles. The molecular weight excluding hydrogens is 234 g/mol. The number of fused-ring (bicyclic) bond motifs is 1. The number of carbonyl (C=O) groups is 1. The standard InChI is InChI=1S/C17H21NO/c1-2-3-4-7-13-18-17(19)16-12-8-10-14-9-5-6-11-15(14)16/h1,5-6,9,11,16H,3-4,7-8,10,12-13H2,(H,18,19). The van der Waals surface area contributed by atoms with E-state index in [2.05, 4.69) is 29.4 Å². The number of hydrogen-bond donors (Lipinski definition) is 1. The normalized spacial score (nSPS) is 17.3. The van der Waals surface area contributed by atoms with Crippen LogP contribution in [0.3, 0.4) is 0 Å². The van der Waals surface area contributed by atoms with Gasteiger partial charge in [0.2, 0.25) is 5.91 Å². The predicted molar refractivity (Wildman–Crippen MR) is 77.8 cm³/mol. The van der Waals surface area contributed by atoms with Crippen LogP contribution in [0.5, 0.6) is 0 Å². The fraction of sp³-hybridized carbons (Fsp3) is 0.471. The molecule has 0 bridgehead atoms. The van der Waals surface area contributed by atoms with Crippen LogP contribution in [-0.2, 0) is 11.2 Å². The van der Waals surface area contributed by atoms with Gasteiger partial charge in [-0.15, -0.1) is 12.3 Å². The molecule has 0 saturated carbocycles.